The molecule has 1 atom stereocenters. The van der Waals surface area contributed by atoms with Gasteiger partial charge >= 0.3 is 5.97 Å². The van der Waals surface area contributed by atoms with E-state index in [2.05, 4.69) is 4.99 Å². The number of thiazole rings is 1. The number of carbonyl (C=O) groups excluding carboxylic acids is 1. The normalized spacial score (nSPS) is 16.4. The molecule has 146 valence electrons. The molecule has 1 aromatic heterocycles. The van der Waals surface area contributed by atoms with Gasteiger partial charge < -0.3 is 4.74 Å². The van der Waals surface area contributed by atoms with Gasteiger partial charge in [-0.2, -0.15) is 0 Å². The van der Waals surface area contributed by atoms with Crippen LogP contribution in [0.15, 0.2) is 75.7 Å². The molecule has 4 rings (SSSR count). The Morgan fingerprint density at radius 2 is 1.86 bits per heavy atom. The minimum Gasteiger partial charge on any atom is -0.466 e. The maximum absolute atomic E-state index is 13.3. The fraction of sp³-hybridized carbons (Fsp3) is 0.136. The third-order valence-electron chi connectivity index (χ3n) is 4.71. The molecule has 1 unspecified atom stereocenters. The number of aromatic nitrogens is 1. The van der Waals surface area contributed by atoms with E-state index in [1.807, 2.05) is 30.3 Å². The zero-order valence-electron chi connectivity index (χ0n) is 15.8. The van der Waals surface area contributed by atoms with Gasteiger partial charge in [0, 0.05) is 0 Å². The maximum Gasteiger partial charge on any atom is 0.338 e. The number of nitrogens with zero attached hydrogens (tertiary/aromatic N) is 2. The highest BCUT2D eigenvalue weighted by Gasteiger charge is 2.32. The number of methoxy groups -OCH3 is 1. The van der Waals surface area contributed by atoms with Crippen LogP contribution in [0.3, 0.4) is 0 Å². The second-order valence-corrected chi connectivity index (χ2v) is 7.54. The van der Waals surface area contributed by atoms with Gasteiger partial charge in [0.25, 0.3) is 5.56 Å². The van der Waals surface area contributed by atoms with E-state index >= 15 is 0 Å². The Morgan fingerprint density at radius 3 is 2.52 bits per heavy atom. The van der Waals surface area contributed by atoms with Crippen LogP contribution in [0.1, 0.15) is 24.1 Å². The van der Waals surface area contributed by atoms with Crippen LogP contribution >= 0.6 is 11.3 Å². The van der Waals surface area contributed by atoms with Crippen LogP contribution < -0.4 is 14.9 Å². The van der Waals surface area contributed by atoms with Gasteiger partial charge in [-0.3, -0.25) is 9.36 Å². The Hall–Kier alpha value is -3.32. The standard InChI is InChI=1S/C22H17FN2O3S/c1-13-18(21(27)28-2)19(15-6-4-3-5-7-15)25-20(26)17(29-22(25)24-13)12-14-8-10-16(23)11-9-14/h3-12,19H,1-2H3/b17-12-. The summed E-state index contributed by atoms with van der Waals surface area (Å²) >= 11 is 1.23. The minimum atomic E-state index is -0.629. The molecule has 0 aliphatic carbocycles. The number of esters is 1. The molecule has 0 fully saturated rings. The molecule has 0 radical (unpaired) electrons. The summed E-state index contributed by atoms with van der Waals surface area (Å²) in [4.78, 5) is 30.8. The summed E-state index contributed by atoms with van der Waals surface area (Å²) in [5.41, 5.74) is 2.08. The number of benzene rings is 2. The average Bonchev–Trinajstić information content (AvgIpc) is 3.03. The SMILES string of the molecule is COC(=O)C1=C(C)N=c2s/c(=C\c3ccc(F)cc3)c(=O)n2C1c1ccccc1. The van der Waals surface area contributed by atoms with Crippen molar-refractivity contribution in [2.24, 2.45) is 4.99 Å². The van der Waals surface area contributed by atoms with Gasteiger partial charge in [-0.05, 0) is 36.3 Å². The first-order chi connectivity index (χ1) is 14.0. The van der Waals surface area contributed by atoms with Gasteiger partial charge in [0.1, 0.15) is 5.82 Å². The third-order valence-corrected chi connectivity index (χ3v) is 5.69. The van der Waals surface area contributed by atoms with Gasteiger partial charge in [-0.1, -0.05) is 53.8 Å². The van der Waals surface area contributed by atoms with Crippen LogP contribution in [0.2, 0.25) is 0 Å². The summed E-state index contributed by atoms with van der Waals surface area (Å²) < 4.78 is 20.1. The van der Waals surface area contributed by atoms with Crippen molar-refractivity contribution in [1.29, 1.82) is 0 Å². The monoisotopic (exact) mass is 408 g/mol. The quantitative estimate of drug-likeness (QED) is 0.626. The fourth-order valence-electron chi connectivity index (χ4n) is 3.35. The maximum atomic E-state index is 13.3. The summed E-state index contributed by atoms with van der Waals surface area (Å²) in [5.74, 6) is -0.862. The van der Waals surface area contributed by atoms with Crippen molar-refractivity contribution in [1.82, 2.24) is 4.57 Å². The van der Waals surface area contributed by atoms with Crippen molar-refractivity contribution in [3.63, 3.8) is 0 Å². The molecule has 2 heterocycles. The van der Waals surface area contributed by atoms with Gasteiger partial charge in [-0.25, -0.2) is 14.2 Å². The molecule has 0 bridgehead atoms. The molecule has 29 heavy (non-hydrogen) atoms. The van der Waals surface area contributed by atoms with Gasteiger partial charge in [0.2, 0.25) is 0 Å². The van der Waals surface area contributed by atoms with Gasteiger partial charge in [0.15, 0.2) is 4.80 Å². The predicted octanol–water partition coefficient (Wildman–Crippen LogP) is 2.55. The third kappa shape index (κ3) is 3.45. The largest absolute Gasteiger partial charge is 0.466 e. The second kappa shape index (κ2) is 7.60. The molecule has 0 saturated heterocycles. The smallest absolute Gasteiger partial charge is 0.338 e. The first-order valence-corrected chi connectivity index (χ1v) is 9.72. The number of hydrogen-bond acceptors (Lipinski definition) is 5. The molecule has 1 aliphatic heterocycles. The molecule has 0 N–H and O–H groups in total. The van der Waals surface area contributed by atoms with Crippen molar-refractivity contribution < 1.29 is 13.9 Å². The lowest BCUT2D eigenvalue weighted by Crippen LogP contribution is -2.39. The number of ether oxygens (including phenoxy) is 1. The summed E-state index contributed by atoms with van der Waals surface area (Å²) in [6.07, 6.45) is 1.70. The molecule has 0 amide bonds. The first-order valence-electron chi connectivity index (χ1n) is 8.91. The van der Waals surface area contributed by atoms with E-state index in [0.29, 0.717) is 26.2 Å². The van der Waals surface area contributed by atoms with Crippen LogP contribution in [-0.4, -0.2) is 17.6 Å². The Kier molecular flexibility index (Phi) is 4.98. The molecule has 5 nitrogen and oxygen atoms in total. The van der Waals surface area contributed by atoms with E-state index in [9.17, 15) is 14.0 Å². The van der Waals surface area contributed by atoms with Gasteiger partial charge in [-0.15, -0.1) is 0 Å². The van der Waals surface area contributed by atoms with Crippen molar-refractivity contribution in [3.8, 4) is 0 Å². The highest BCUT2D eigenvalue weighted by atomic mass is 32.1. The van der Waals surface area contributed by atoms with Crippen molar-refractivity contribution in [2.75, 3.05) is 7.11 Å². The van der Waals surface area contributed by atoms with E-state index in [1.54, 1.807) is 25.1 Å². The van der Waals surface area contributed by atoms with Crippen LogP contribution in [0, 0.1) is 5.82 Å². The number of rotatable bonds is 3. The number of carbonyl (C=O) groups is 1. The highest BCUT2D eigenvalue weighted by molar-refractivity contribution is 7.07. The van der Waals surface area contributed by atoms with Crippen LogP contribution in [0.4, 0.5) is 4.39 Å². The zero-order chi connectivity index (χ0) is 20.5. The number of fused-ring (bicyclic) bond motifs is 1. The Bertz CT molecular complexity index is 1290. The zero-order valence-corrected chi connectivity index (χ0v) is 16.6. The van der Waals surface area contributed by atoms with E-state index in [1.165, 1.54) is 35.1 Å². The summed E-state index contributed by atoms with van der Waals surface area (Å²) in [5, 5.41) is 0. The summed E-state index contributed by atoms with van der Waals surface area (Å²) in [6, 6.07) is 14.6. The number of allylic oxidation sites excluding steroid dienone is 1. The molecule has 3 aromatic rings. The van der Waals surface area contributed by atoms with E-state index in [4.69, 9.17) is 4.74 Å². The van der Waals surface area contributed by atoms with E-state index in [-0.39, 0.29) is 11.4 Å². The summed E-state index contributed by atoms with van der Waals surface area (Å²) in [7, 11) is 1.31. The minimum absolute atomic E-state index is 0.263. The molecular formula is C22H17FN2O3S. The van der Waals surface area contributed by atoms with Crippen molar-refractivity contribution >= 4 is 23.4 Å². The molecule has 0 spiro atoms. The van der Waals surface area contributed by atoms with E-state index in [0.717, 1.165) is 5.56 Å². The lowest BCUT2D eigenvalue weighted by atomic mass is 9.96. The Morgan fingerprint density at radius 1 is 1.17 bits per heavy atom. The van der Waals surface area contributed by atoms with Crippen LogP contribution in [-0.2, 0) is 9.53 Å². The van der Waals surface area contributed by atoms with Gasteiger partial charge in [0.05, 0.1) is 29.0 Å². The van der Waals surface area contributed by atoms with Crippen LogP contribution in [0.5, 0.6) is 0 Å². The molecule has 7 heteroatoms. The first kappa shape index (κ1) is 19.0. The average molecular weight is 408 g/mol. The Labute approximate surface area is 169 Å². The molecular weight excluding hydrogens is 391 g/mol. The summed E-state index contributed by atoms with van der Waals surface area (Å²) in [6.45, 7) is 1.74. The van der Waals surface area contributed by atoms with Crippen LogP contribution in [0.25, 0.3) is 6.08 Å². The van der Waals surface area contributed by atoms with E-state index < -0.39 is 12.0 Å². The predicted molar refractivity (Wildman–Crippen MR) is 109 cm³/mol. The lowest BCUT2D eigenvalue weighted by molar-refractivity contribution is -0.136. The number of hydrogen-bond donors (Lipinski definition) is 0. The topological polar surface area (TPSA) is 60.7 Å². The van der Waals surface area contributed by atoms with Crippen molar-refractivity contribution in [3.05, 3.63) is 102 Å². The van der Waals surface area contributed by atoms with Crippen molar-refractivity contribution in [2.45, 2.75) is 13.0 Å². The molecule has 2 aromatic carbocycles. The molecule has 0 saturated carbocycles. The lowest BCUT2D eigenvalue weighted by Gasteiger charge is -2.24. The number of halogens is 1. The second-order valence-electron chi connectivity index (χ2n) is 6.54. The highest BCUT2D eigenvalue weighted by Crippen LogP contribution is 2.30. The Balaban J connectivity index is 1.97. The molecule has 1 aliphatic rings. The fourth-order valence-corrected chi connectivity index (χ4v) is 4.40.